The van der Waals surface area contributed by atoms with E-state index in [1.165, 1.54) is 32.5 Å². The van der Waals surface area contributed by atoms with Crippen LogP contribution >= 0.6 is 0 Å². The van der Waals surface area contributed by atoms with Gasteiger partial charge in [-0.05, 0) is 44.9 Å². The molecule has 0 unspecified atom stereocenters. The largest absolute Gasteiger partial charge is 0.395 e. The minimum absolute atomic E-state index is 0.301. The normalized spacial score (nSPS) is 21.6. The van der Waals surface area contributed by atoms with Crippen molar-refractivity contribution in [3.8, 4) is 0 Å². The van der Waals surface area contributed by atoms with E-state index in [9.17, 15) is 0 Å². The maximum atomic E-state index is 8.90. The average Bonchev–Trinajstić information content (AvgIpc) is 2.12. The molecule has 0 radical (unpaired) electrons. The molecule has 0 aromatic carbocycles. The Morgan fingerprint density at radius 3 is 2.00 bits per heavy atom. The van der Waals surface area contributed by atoms with Crippen LogP contribution in [0.4, 0.5) is 0 Å². The summed E-state index contributed by atoms with van der Waals surface area (Å²) >= 11 is 0. The van der Waals surface area contributed by atoms with Crippen LogP contribution in [0.5, 0.6) is 0 Å². The second-order valence-corrected chi connectivity index (χ2v) is 4.97. The van der Waals surface area contributed by atoms with Gasteiger partial charge in [0, 0.05) is 13.1 Å². The summed E-state index contributed by atoms with van der Waals surface area (Å²) in [5.41, 5.74) is 0. The minimum Gasteiger partial charge on any atom is -0.395 e. The van der Waals surface area contributed by atoms with Gasteiger partial charge in [0.2, 0.25) is 0 Å². The summed E-state index contributed by atoms with van der Waals surface area (Å²) in [7, 11) is 0. The molecule has 0 aliphatic carbocycles. The van der Waals surface area contributed by atoms with Crippen LogP contribution in [0, 0.1) is 5.92 Å². The van der Waals surface area contributed by atoms with Crippen molar-refractivity contribution < 1.29 is 5.11 Å². The van der Waals surface area contributed by atoms with Gasteiger partial charge in [-0.2, -0.15) is 0 Å². The number of β-amino-alcohol motifs (C(OH)–C–C–N with tert-alkyl or cyclic N) is 1. The van der Waals surface area contributed by atoms with E-state index in [2.05, 4.69) is 23.6 Å². The van der Waals surface area contributed by atoms with E-state index in [1.807, 2.05) is 0 Å². The molecule has 0 amide bonds. The van der Waals surface area contributed by atoms with Gasteiger partial charge in [-0.15, -0.1) is 0 Å². The quantitative estimate of drug-likeness (QED) is 0.757. The van der Waals surface area contributed by atoms with Crippen molar-refractivity contribution in [2.75, 3.05) is 45.9 Å². The third-order valence-corrected chi connectivity index (χ3v) is 2.94. The number of aliphatic hydroxyl groups excluding tert-OH is 1. The summed E-state index contributed by atoms with van der Waals surface area (Å²) in [5.74, 6) is 0.776. The van der Waals surface area contributed by atoms with Crippen molar-refractivity contribution >= 4 is 0 Å². The van der Waals surface area contributed by atoms with Crippen LogP contribution in [-0.4, -0.2) is 60.8 Å². The van der Waals surface area contributed by atoms with Crippen LogP contribution in [0.25, 0.3) is 0 Å². The molecule has 90 valence electrons. The Kier molecular flexibility index (Phi) is 6.22. The van der Waals surface area contributed by atoms with E-state index in [0.717, 1.165) is 25.6 Å². The second kappa shape index (κ2) is 7.20. The smallest absolute Gasteiger partial charge is 0.0558 e. The van der Waals surface area contributed by atoms with E-state index in [1.54, 1.807) is 0 Å². The lowest BCUT2D eigenvalue weighted by atomic mass is 10.1. The molecule has 15 heavy (non-hydrogen) atoms. The topological polar surface area (TPSA) is 26.7 Å². The lowest BCUT2D eigenvalue weighted by Crippen LogP contribution is -2.39. The summed E-state index contributed by atoms with van der Waals surface area (Å²) in [6.07, 6.45) is 2.49. The Balaban J connectivity index is 2.24. The van der Waals surface area contributed by atoms with Gasteiger partial charge < -0.3 is 14.9 Å². The van der Waals surface area contributed by atoms with E-state index < -0.39 is 0 Å². The highest BCUT2D eigenvalue weighted by molar-refractivity contribution is 4.68. The van der Waals surface area contributed by atoms with Crippen LogP contribution in [-0.2, 0) is 0 Å². The summed E-state index contributed by atoms with van der Waals surface area (Å²) < 4.78 is 0. The van der Waals surface area contributed by atoms with Crippen molar-refractivity contribution in [1.82, 2.24) is 9.80 Å². The Hall–Kier alpha value is -0.120. The average molecular weight is 214 g/mol. The van der Waals surface area contributed by atoms with Gasteiger partial charge in [0.1, 0.15) is 0 Å². The number of rotatable bonds is 4. The molecule has 3 heteroatoms. The van der Waals surface area contributed by atoms with E-state index in [4.69, 9.17) is 5.11 Å². The van der Waals surface area contributed by atoms with Crippen molar-refractivity contribution in [3.63, 3.8) is 0 Å². The van der Waals surface area contributed by atoms with Gasteiger partial charge in [-0.25, -0.2) is 0 Å². The maximum Gasteiger partial charge on any atom is 0.0558 e. The van der Waals surface area contributed by atoms with Crippen molar-refractivity contribution in [2.24, 2.45) is 5.92 Å². The highest BCUT2D eigenvalue weighted by Gasteiger charge is 2.12. The van der Waals surface area contributed by atoms with E-state index in [0.29, 0.717) is 6.61 Å². The SMILES string of the molecule is CC(C)CN1CCCN(CCO)CCC1. The summed E-state index contributed by atoms with van der Waals surface area (Å²) in [5, 5.41) is 8.90. The zero-order valence-electron chi connectivity index (χ0n) is 10.3. The number of hydrogen-bond acceptors (Lipinski definition) is 3. The first kappa shape index (κ1) is 12.9. The van der Waals surface area contributed by atoms with E-state index in [-0.39, 0.29) is 0 Å². The zero-order chi connectivity index (χ0) is 11.1. The Bertz CT molecular complexity index is 152. The number of aliphatic hydroxyl groups is 1. The summed E-state index contributed by atoms with van der Waals surface area (Å²) in [6, 6.07) is 0. The molecular weight excluding hydrogens is 188 g/mol. The molecule has 3 nitrogen and oxygen atoms in total. The second-order valence-electron chi connectivity index (χ2n) is 4.97. The van der Waals surface area contributed by atoms with E-state index >= 15 is 0 Å². The summed E-state index contributed by atoms with van der Waals surface area (Å²) in [6.45, 7) is 11.7. The predicted molar refractivity (Wildman–Crippen MR) is 64.0 cm³/mol. The van der Waals surface area contributed by atoms with Crippen LogP contribution < -0.4 is 0 Å². The standard InChI is InChI=1S/C12H26N2O/c1-12(2)11-14-7-3-5-13(9-10-15)6-4-8-14/h12,15H,3-11H2,1-2H3. The monoisotopic (exact) mass is 214 g/mol. The van der Waals surface area contributed by atoms with Crippen molar-refractivity contribution in [1.29, 1.82) is 0 Å². The molecule has 1 N–H and O–H groups in total. The first-order valence-corrected chi connectivity index (χ1v) is 6.28. The molecule has 1 fully saturated rings. The number of nitrogens with zero attached hydrogens (tertiary/aromatic N) is 2. The molecule has 1 aliphatic heterocycles. The van der Waals surface area contributed by atoms with Gasteiger partial charge in [0.15, 0.2) is 0 Å². The van der Waals surface area contributed by atoms with Gasteiger partial charge >= 0.3 is 0 Å². The van der Waals surface area contributed by atoms with Gasteiger partial charge in [0.25, 0.3) is 0 Å². The third-order valence-electron chi connectivity index (χ3n) is 2.94. The molecule has 0 spiro atoms. The fraction of sp³-hybridized carbons (Fsp3) is 1.00. The fourth-order valence-electron chi connectivity index (χ4n) is 2.32. The first-order chi connectivity index (χ1) is 7.22. The number of hydrogen-bond donors (Lipinski definition) is 1. The van der Waals surface area contributed by atoms with Crippen LogP contribution in [0.1, 0.15) is 26.7 Å². The van der Waals surface area contributed by atoms with Gasteiger partial charge in [-0.3, -0.25) is 0 Å². The fourth-order valence-corrected chi connectivity index (χ4v) is 2.32. The highest BCUT2D eigenvalue weighted by atomic mass is 16.3. The highest BCUT2D eigenvalue weighted by Crippen LogP contribution is 2.06. The Morgan fingerprint density at radius 2 is 1.53 bits per heavy atom. The van der Waals surface area contributed by atoms with Gasteiger partial charge in [-0.1, -0.05) is 13.8 Å². The maximum absolute atomic E-state index is 8.90. The molecule has 0 aromatic rings. The molecule has 1 saturated heterocycles. The first-order valence-electron chi connectivity index (χ1n) is 6.28. The molecule has 1 aliphatic rings. The molecule has 0 bridgehead atoms. The lowest BCUT2D eigenvalue weighted by molar-refractivity contribution is 0.148. The minimum atomic E-state index is 0.301. The molecule has 1 rings (SSSR count). The molecule has 1 heterocycles. The molecule has 0 aromatic heterocycles. The third kappa shape index (κ3) is 5.50. The van der Waals surface area contributed by atoms with Gasteiger partial charge in [0.05, 0.1) is 6.61 Å². The summed E-state index contributed by atoms with van der Waals surface area (Å²) in [4.78, 5) is 4.97. The van der Waals surface area contributed by atoms with Crippen molar-refractivity contribution in [2.45, 2.75) is 26.7 Å². The predicted octanol–water partition coefficient (Wildman–Crippen LogP) is 1.03. The van der Waals surface area contributed by atoms with Crippen LogP contribution in [0.15, 0.2) is 0 Å². The Morgan fingerprint density at radius 1 is 1.00 bits per heavy atom. The lowest BCUT2D eigenvalue weighted by Gasteiger charge is -2.30. The molecular formula is C12H26N2O. The van der Waals surface area contributed by atoms with Crippen LogP contribution in [0.3, 0.4) is 0 Å². The molecule has 0 saturated carbocycles. The Labute approximate surface area is 94.1 Å². The molecule has 0 atom stereocenters. The van der Waals surface area contributed by atoms with Crippen molar-refractivity contribution in [3.05, 3.63) is 0 Å². The zero-order valence-corrected chi connectivity index (χ0v) is 10.3. The van der Waals surface area contributed by atoms with Crippen LogP contribution in [0.2, 0.25) is 0 Å².